The maximum atomic E-state index is 11.8. The Hall–Kier alpha value is -0.780. The molecule has 1 amide bonds. The second-order valence-corrected chi connectivity index (χ2v) is 5.14. The maximum Gasteiger partial charge on any atom is 0.325 e. The van der Waals surface area contributed by atoms with Crippen molar-refractivity contribution in [1.29, 1.82) is 0 Å². The number of methoxy groups -OCH3 is 1. The number of carbonyl (C=O) groups is 2. The lowest BCUT2D eigenvalue weighted by Crippen LogP contribution is -2.34. The second-order valence-electron chi connectivity index (χ2n) is 3.32. The molecule has 0 aliphatic heterocycles. The zero-order valence-corrected chi connectivity index (χ0v) is 12.5. The monoisotopic (exact) mass is 353 g/mol. The summed E-state index contributed by atoms with van der Waals surface area (Å²) in [4.78, 5) is 22.9. The van der Waals surface area contributed by atoms with E-state index in [9.17, 15) is 9.59 Å². The first-order chi connectivity index (χ1) is 8.45. The molecule has 0 saturated carbocycles. The van der Waals surface area contributed by atoms with Crippen molar-refractivity contribution in [3.63, 3.8) is 0 Å². The highest BCUT2D eigenvalue weighted by Crippen LogP contribution is 2.21. The summed E-state index contributed by atoms with van der Waals surface area (Å²) in [5.41, 5.74) is 0.372. The molecule has 0 spiro atoms. The van der Waals surface area contributed by atoms with Crippen LogP contribution in [-0.2, 0) is 9.53 Å². The van der Waals surface area contributed by atoms with Gasteiger partial charge in [-0.1, -0.05) is 11.6 Å². The number of alkyl halides is 1. The first-order valence-electron chi connectivity index (χ1n) is 4.91. The zero-order chi connectivity index (χ0) is 13.7. The van der Waals surface area contributed by atoms with E-state index in [0.717, 1.165) is 0 Å². The van der Waals surface area contributed by atoms with Gasteiger partial charge >= 0.3 is 5.97 Å². The number of nitrogens with one attached hydrogen (secondary N) is 1. The van der Waals surface area contributed by atoms with Crippen molar-refractivity contribution < 1.29 is 14.3 Å². The molecular formula is C11H10BrCl2NO3. The van der Waals surface area contributed by atoms with Crippen LogP contribution in [0.1, 0.15) is 10.4 Å². The Bertz CT molecular complexity index is 468. The molecule has 0 aliphatic rings. The standard InChI is InChI=1S/C11H10BrCl2NO3/c1-18-11(17)9(14)5-15-10(16)7-4-6(13)2-3-8(7)12/h2-4,9H,5H2,1H3,(H,15,16). The number of hydrogen-bond donors (Lipinski definition) is 1. The van der Waals surface area contributed by atoms with E-state index in [1.807, 2.05) is 0 Å². The van der Waals surface area contributed by atoms with Gasteiger partial charge in [0.1, 0.15) is 5.38 Å². The van der Waals surface area contributed by atoms with Crippen LogP contribution >= 0.6 is 39.1 Å². The van der Waals surface area contributed by atoms with Crippen LogP contribution in [0.2, 0.25) is 5.02 Å². The number of amides is 1. The molecule has 0 bridgehead atoms. The molecule has 0 aromatic heterocycles. The fourth-order valence-electron chi connectivity index (χ4n) is 1.16. The number of rotatable bonds is 4. The van der Waals surface area contributed by atoms with Crippen LogP contribution < -0.4 is 5.32 Å². The summed E-state index contributed by atoms with van der Waals surface area (Å²) in [6.07, 6.45) is 0. The average molecular weight is 355 g/mol. The van der Waals surface area contributed by atoms with Crippen LogP contribution in [0, 0.1) is 0 Å². The van der Waals surface area contributed by atoms with Crippen LogP contribution in [0.25, 0.3) is 0 Å². The van der Waals surface area contributed by atoms with Crippen molar-refractivity contribution >= 4 is 51.0 Å². The van der Waals surface area contributed by atoms with E-state index in [4.69, 9.17) is 23.2 Å². The van der Waals surface area contributed by atoms with E-state index in [0.29, 0.717) is 15.1 Å². The molecule has 1 N–H and O–H groups in total. The van der Waals surface area contributed by atoms with Gasteiger partial charge in [0.25, 0.3) is 5.91 Å². The molecule has 0 heterocycles. The maximum absolute atomic E-state index is 11.8. The van der Waals surface area contributed by atoms with Gasteiger partial charge in [0, 0.05) is 16.0 Å². The minimum absolute atomic E-state index is 0.0218. The lowest BCUT2D eigenvalue weighted by atomic mass is 10.2. The van der Waals surface area contributed by atoms with Gasteiger partial charge in [-0.3, -0.25) is 9.59 Å². The normalized spacial score (nSPS) is 11.8. The third kappa shape index (κ3) is 4.15. The Balaban J connectivity index is 2.66. The van der Waals surface area contributed by atoms with Crippen molar-refractivity contribution in [2.45, 2.75) is 5.38 Å². The van der Waals surface area contributed by atoms with E-state index in [1.165, 1.54) is 13.2 Å². The molecule has 1 aromatic rings. The summed E-state index contributed by atoms with van der Waals surface area (Å²) < 4.78 is 5.05. The molecule has 0 saturated heterocycles. The molecule has 1 atom stereocenters. The zero-order valence-electron chi connectivity index (χ0n) is 9.38. The first-order valence-corrected chi connectivity index (χ1v) is 6.51. The van der Waals surface area contributed by atoms with Gasteiger partial charge in [-0.05, 0) is 34.1 Å². The minimum atomic E-state index is -0.920. The Kier molecular flexibility index (Phi) is 5.91. The van der Waals surface area contributed by atoms with Crippen molar-refractivity contribution in [1.82, 2.24) is 5.32 Å². The van der Waals surface area contributed by atoms with Gasteiger partial charge in [-0.25, -0.2) is 0 Å². The topological polar surface area (TPSA) is 55.4 Å². The van der Waals surface area contributed by atoms with Crippen molar-refractivity contribution in [3.05, 3.63) is 33.3 Å². The van der Waals surface area contributed by atoms with E-state index in [1.54, 1.807) is 12.1 Å². The molecule has 1 aromatic carbocycles. The number of ether oxygens (including phenoxy) is 1. The smallest absolute Gasteiger partial charge is 0.325 e. The molecule has 0 radical (unpaired) electrons. The number of esters is 1. The Morgan fingerprint density at radius 2 is 2.17 bits per heavy atom. The molecule has 0 aliphatic carbocycles. The fraction of sp³-hybridized carbons (Fsp3) is 0.273. The van der Waals surface area contributed by atoms with Crippen LogP contribution in [0.3, 0.4) is 0 Å². The molecule has 4 nitrogen and oxygen atoms in total. The van der Waals surface area contributed by atoms with E-state index >= 15 is 0 Å². The lowest BCUT2D eigenvalue weighted by molar-refractivity contribution is -0.140. The highest BCUT2D eigenvalue weighted by atomic mass is 79.9. The van der Waals surface area contributed by atoms with Crippen LogP contribution in [0.15, 0.2) is 22.7 Å². The van der Waals surface area contributed by atoms with Gasteiger partial charge < -0.3 is 10.1 Å². The second kappa shape index (κ2) is 6.97. The van der Waals surface area contributed by atoms with Gasteiger partial charge in [-0.15, -0.1) is 11.6 Å². The van der Waals surface area contributed by atoms with Gasteiger partial charge in [0.05, 0.1) is 12.7 Å². The third-order valence-electron chi connectivity index (χ3n) is 2.07. The van der Waals surface area contributed by atoms with E-state index < -0.39 is 11.3 Å². The molecule has 0 fully saturated rings. The van der Waals surface area contributed by atoms with E-state index in [-0.39, 0.29) is 12.5 Å². The number of halogens is 3. The highest BCUT2D eigenvalue weighted by Gasteiger charge is 2.18. The van der Waals surface area contributed by atoms with Crippen LogP contribution in [0.5, 0.6) is 0 Å². The Morgan fingerprint density at radius 3 is 2.78 bits per heavy atom. The van der Waals surface area contributed by atoms with Crippen molar-refractivity contribution in [3.8, 4) is 0 Å². The van der Waals surface area contributed by atoms with E-state index in [2.05, 4.69) is 26.0 Å². The number of hydrogen-bond acceptors (Lipinski definition) is 3. The molecule has 7 heteroatoms. The molecular weight excluding hydrogens is 345 g/mol. The van der Waals surface area contributed by atoms with Gasteiger partial charge in [-0.2, -0.15) is 0 Å². The lowest BCUT2D eigenvalue weighted by Gasteiger charge is -2.10. The number of benzene rings is 1. The summed E-state index contributed by atoms with van der Waals surface area (Å²) in [6.45, 7) is -0.0218. The molecule has 1 unspecified atom stereocenters. The fourth-order valence-corrected chi connectivity index (χ4v) is 1.93. The number of carbonyl (C=O) groups excluding carboxylic acids is 2. The highest BCUT2D eigenvalue weighted by molar-refractivity contribution is 9.10. The quantitative estimate of drug-likeness (QED) is 0.668. The largest absolute Gasteiger partial charge is 0.468 e. The molecule has 1 rings (SSSR count). The summed E-state index contributed by atoms with van der Waals surface area (Å²) in [5.74, 6) is -0.971. The molecule has 98 valence electrons. The summed E-state index contributed by atoms with van der Waals surface area (Å²) >= 11 is 14.7. The predicted molar refractivity (Wildman–Crippen MR) is 73.1 cm³/mol. The molecule has 18 heavy (non-hydrogen) atoms. The van der Waals surface area contributed by atoms with Crippen LogP contribution in [-0.4, -0.2) is 30.9 Å². The van der Waals surface area contributed by atoms with Gasteiger partial charge in [0.15, 0.2) is 0 Å². The van der Waals surface area contributed by atoms with Crippen molar-refractivity contribution in [2.24, 2.45) is 0 Å². The van der Waals surface area contributed by atoms with Crippen molar-refractivity contribution in [2.75, 3.05) is 13.7 Å². The SMILES string of the molecule is COC(=O)C(Cl)CNC(=O)c1cc(Cl)ccc1Br. The Labute approximate surface area is 123 Å². The first kappa shape index (κ1) is 15.3. The third-order valence-corrected chi connectivity index (χ3v) is 3.33. The Morgan fingerprint density at radius 1 is 1.50 bits per heavy atom. The summed E-state index contributed by atoms with van der Waals surface area (Å²) in [5, 5.41) is 2.05. The van der Waals surface area contributed by atoms with Crippen LogP contribution in [0.4, 0.5) is 0 Å². The summed E-state index contributed by atoms with van der Waals surface area (Å²) in [6, 6.07) is 4.83. The minimum Gasteiger partial charge on any atom is -0.468 e. The summed E-state index contributed by atoms with van der Waals surface area (Å²) in [7, 11) is 1.23. The van der Waals surface area contributed by atoms with Gasteiger partial charge in [0.2, 0.25) is 0 Å². The predicted octanol–water partition coefficient (Wildman–Crippen LogP) is 2.61. The average Bonchev–Trinajstić information content (AvgIpc) is 2.37.